The van der Waals surface area contributed by atoms with E-state index in [2.05, 4.69) is 24.1 Å². The van der Waals surface area contributed by atoms with E-state index in [1.54, 1.807) is 28.4 Å². The van der Waals surface area contributed by atoms with Crippen LogP contribution in [0.15, 0.2) is 24.3 Å². The Bertz CT molecular complexity index is 1220. The van der Waals surface area contributed by atoms with Gasteiger partial charge in [0.1, 0.15) is 0 Å². The number of hydrogen-bond acceptors (Lipinski definition) is 8. The van der Waals surface area contributed by atoms with Gasteiger partial charge in [0.15, 0.2) is 23.0 Å². The van der Waals surface area contributed by atoms with Crippen molar-refractivity contribution < 1.29 is 43.5 Å². The smallest absolute Gasteiger partial charge is 0.414 e. The van der Waals surface area contributed by atoms with E-state index in [1.165, 1.54) is 16.7 Å². The van der Waals surface area contributed by atoms with Gasteiger partial charge in [0.2, 0.25) is 5.91 Å². The molecule has 1 atom stereocenters. The number of hydrogen-bond donors (Lipinski definition) is 2. The minimum atomic E-state index is -1.82. The quantitative estimate of drug-likeness (QED) is 0.419. The minimum Gasteiger partial charge on any atom is -0.493 e. The van der Waals surface area contributed by atoms with Crippen molar-refractivity contribution >= 4 is 17.8 Å². The van der Waals surface area contributed by atoms with E-state index in [0.717, 1.165) is 68.3 Å². The average molecular weight is 559 g/mol. The molecule has 1 amide bonds. The van der Waals surface area contributed by atoms with E-state index >= 15 is 0 Å². The van der Waals surface area contributed by atoms with E-state index in [1.807, 2.05) is 17.0 Å². The highest BCUT2D eigenvalue weighted by atomic mass is 16.5. The van der Waals surface area contributed by atoms with E-state index < -0.39 is 11.9 Å². The van der Waals surface area contributed by atoms with Gasteiger partial charge in [-0.2, -0.15) is 0 Å². The highest BCUT2D eigenvalue weighted by molar-refractivity contribution is 6.27. The maximum absolute atomic E-state index is 12.9. The summed E-state index contributed by atoms with van der Waals surface area (Å²) in [4.78, 5) is 35.5. The molecule has 0 radical (unpaired) electrons. The van der Waals surface area contributed by atoms with Gasteiger partial charge in [-0.1, -0.05) is 0 Å². The Balaban J connectivity index is 0.000000663. The molecule has 1 aliphatic carbocycles. The number of carboxylic acid groups (broad SMARTS) is 2. The standard InChI is InChI=1S/C27H36N2O5.C2H2O4/c1-28(17-21-11-20-14-25(33-4)26(34-5)16-22(20)21)8-6-9-29-10-7-18-12-23(31-2)24(32-3)13-19(18)15-27(29)30;3-1(4)2(5)6/h12-14,16,21H,6-11,15,17H2,1-5H3;(H,3,4)(H,5,6). The number of likely N-dealkylation sites (N-methyl/N-ethyl adjacent to an activating group) is 1. The van der Waals surface area contributed by atoms with Crippen molar-refractivity contribution in [2.75, 3.05) is 61.7 Å². The molecule has 2 N–H and O–H groups in total. The van der Waals surface area contributed by atoms with E-state index in [0.29, 0.717) is 18.1 Å². The van der Waals surface area contributed by atoms with Crippen LogP contribution in [0.1, 0.15) is 34.6 Å². The summed E-state index contributed by atoms with van der Waals surface area (Å²) in [6, 6.07) is 8.18. The highest BCUT2D eigenvalue weighted by Crippen LogP contribution is 2.42. The molecule has 0 spiro atoms. The van der Waals surface area contributed by atoms with Gasteiger partial charge in [0, 0.05) is 25.6 Å². The zero-order chi connectivity index (χ0) is 29.4. The Morgan fingerprint density at radius 3 is 1.95 bits per heavy atom. The first-order chi connectivity index (χ1) is 19.1. The van der Waals surface area contributed by atoms with Crippen molar-refractivity contribution in [3.63, 3.8) is 0 Å². The number of fused-ring (bicyclic) bond motifs is 2. The molecule has 2 aromatic rings. The number of carboxylic acids is 2. The molecular formula is C29H38N2O9. The number of methoxy groups -OCH3 is 4. The largest absolute Gasteiger partial charge is 0.493 e. The van der Waals surface area contributed by atoms with Crippen molar-refractivity contribution in [1.82, 2.24) is 9.80 Å². The normalized spacial score (nSPS) is 15.5. The van der Waals surface area contributed by atoms with Gasteiger partial charge in [0.25, 0.3) is 0 Å². The number of aliphatic carboxylic acids is 2. The lowest BCUT2D eigenvalue weighted by Gasteiger charge is -2.34. The summed E-state index contributed by atoms with van der Waals surface area (Å²) >= 11 is 0. The highest BCUT2D eigenvalue weighted by Gasteiger charge is 2.29. The van der Waals surface area contributed by atoms with Crippen LogP contribution in [-0.2, 0) is 33.6 Å². The fourth-order valence-electron chi connectivity index (χ4n) is 5.15. The minimum absolute atomic E-state index is 0.183. The Hall–Kier alpha value is -3.99. The molecule has 0 saturated carbocycles. The number of benzene rings is 2. The van der Waals surface area contributed by atoms with Gasteiger partial charge in [-0.05, 0) is 79.4 Å². The van der Waals surface area contributed by atoms with Crippen LogP contribution in [0.3, 0.4) is 0 Å². The first-order valence-electron chi connectivity index (χ1n) is 13.0. The number of carbonyl (C=O) groups is 3. The number of carbonyl (C=O) groups excluding carboxylic acids is 1. The van der Waals surface area contributed by atoms with Crippen molar-refractivity contribution in [2.24, 2.45) is 0 Å². The Morgan fingerprint density at radius 2 is 1.40 bits per heavy atom. The number of nitrogens with zero attached hydrogens (tertiary/aromatic N) is 2. The molecule has 40 heavy (non-hydrogen) atoms. The second-order valence-electron chi connectivity index (χ2n) is 9.82. The summed E-state index contributed by atoms with van der Waals surface area (Å²) in [5.41, 5.74) is 4.91. The fourth-order valence-corrected chi connectivity index (χ4v) is 5.15. The molecule has 218 valence electrons. The molecule has 0 saturated heterocycles. The molecule has 2 aromatic carbocycles. The molecule has 0 aromatic heterocycles. The van der Waals surface area contributed by atoms with Gasteiger partial charge in [-0.25, -0.2) is 9.59 Å². The lowest BCUT2D eigenvalue weighted by atomic mass is 9.77. The van der Waals surface area contributed by atoms with Gasteiger partial charge in [-0.3, -0.25) is 4.79 Å². The third-order valence-electron chi connectivity index (χ3n) is 7.29. The van der Waals surface area contributed by atoms with Crippen LogP contribution in [0.25, 0.3) is 0 Å². The SMILES string of the molecule is COc1cc2c(cc1OC)CC(=O)N(CCCN(C)CC1Cc3cc(OC)c(OC)cc31)CC2.O=C(O)C(=O)O. The van der Waals surface area contributed by atoms with Crippen LogP contribution >= 0.6 is 0 Å². The van der Waals surface area contributed by atoms with Crippen LogP contribution in [0.2, 0.25) is 0 Å². The lowest BCUT2D eigenvalue weighted by molar-refractivity contribution is -0.159. The molecule has 1 aliphatic heterocycles. The fraction of sp³-hybridized carbons (Fsp3) is 0.483. The molecule has 0 bridgehead atoms. The second-order valence-corrected chi connectivity index (χ2v) is 9.82. The van der Waals surface area contributed by atoms with E-state index in [9.17, 15) is 4.79 Å². The summed E-state index contributed by atoms with van der Waals surface area (Å²) in [7, 11) is 8.79. The van der Waals surface area contributed by atoms with Crippen molar-refractivity contribution in [3.05, 3.63) is 46.5 Å². The van der Waals surface area contributed by atoms with Gasteiger partial charge in [-0.15, -0.1) is 0 Å². The van der Waals surface area contributed by atoms with Crippen LogP contribution in [0.4, 0.5) is 0 Å². The summed E-state index contributed by atoms with van der Waals surface area (Å²) in [5, 5.41) is 14.8. The average Bonchev–Trinajstić information content (AvgIpc) is 3.08. The number of amides is 1. The Kier molecular flexibility index (Phi) is 10.6. The molecule has 1 heterocycles. The van der Waals surface area contributed by atoms with Crippen molar-refractivity contribution in [3.8, 4) is 23.0 Å². The van der Waals surface area contributed by atoms with Gasteiger partial charge in [0.05, 0.1) is 34.9 Å². The molecular weight excluding hydrogens is 520 g/mol. The molecule has 4 rings (SSSR count). The maximum Gasteiger partial charge on any atom is 0.414 e. The Labute approximate surface area is 234 Å². The van der Waals surface area contributed by atoms with Crippen molar-refractivity contribution in [2.45, 2.75) is 31.6 Å². The second kappa shape index (κ2) is 13.9. The monoisotopic (exact) mass is 558 g/mol. The van der Waals surface area contributed by atoms with E-state index in [-0.39, 0.29) is 5.91 Å². The summed E-state index contributed by atoms with van der Waals surface area (Å²) in [5.74, 6) is 0.0422. The van der Waals surface area contributed by atoms with Crippen molar-refractivity contribution in [1.29, 1.82) is 0 Å². The van der Waals surface area contributed by atoms with Crippen LogP contribution in [-0.4, -0.2) is 99.5 Å². The zero-order valence-corrected chi connectivity index (χ0v) is 23.7. The van der Waals surface area contributed by atoms with Gasteiger partial charge >= 0.3 is 11.9 Å². The molecule has 11 heteroatoms. The maximum atomic E-state index is 12.9. The summed E-state index contributed by atoms with van der Waals surface area (Å²) < 4.78 is 21.7. The first kappa shape index (κ1) is 30.6. The summed E-state index contributed by atoms with van der Waals surface area (Å²) in [6.45, 7) is 3.47. The third kappa shape index (κ3) is 7.35. The van der Waals surface area contributed by atoms with Gasteiger partial charge < -0.3 is 39.0 Å². The molecule has 11 nitrogen and oxygen atoms in total. The molecule has 2 aliphatic rings. The van der Waals surface area contributed by atoms with Crippen LogP contribution in [0, 0.1) is 0 Å². The predicted molar refractivity (Wildman–Crippen MR) is 147 cm³/mol. The predicted octanol–water partition coefficient (Wildman–Crippen LogP) is 2.47. The van der Waals surface area contributed by atoms with E-state index in [4.69, 9.17) is 38.7 Å². The zero-order valence-electron chi connectivity index (χ0n) is 23.7. The first-order valence-corrected chi connectivity index (χ1v) is 13.0. The lowest BCUT2D eigenvalue weighted by Crippen LogP contribution is -2.36. The molecule has 0 fully saturated rings. The molecule has 1 unspecified atom stereocenters. The third-order valence-corrected chi connectivity index (χ3v) is 7.29. The van der Waals surface area contributed by atoms with Crippen LogP contribution < -0.4 is 18.9 Å². The summed E-state index contributed by atoms with van der Waals surface area (Å²) in [6.07, 6.45) is 3.27. The Morgan fingerprint density at radius 1 is 0.875 bits per heavy atom. The number of rotatable bonds is 10. The number of ether oxygens (including phenoxy) is 4. The topological polar surface area (TPSA) is 135 Å². The van der Waals surface area contributed by atoms with Crippen LogP contribution in [0.5, 0.6) is 23.0 Å².